The molecule has 2 N–H and O–H groups in total. The van der Waals surface area contributed by atoms with Gasteiger partial charge in [-0.05, 0) is 31.0 Å². The van der Waals surface area contributed by atoms with Crippen LogP contribution < -0.4 is 10.6 Å². The lowest BCUT2D eigenvalue weighted by atomic mass is 10.1. The van der Waals surface area contributed by atoms with Crippen LogP contribution in [0.15, 0.2) is 18.2 Å². The van der Waals surface area contributed by atoms with Crippen LogP contribution in [0.25, 0.3) is 0 Å². The van der Waals surface area contributed by atoms with Crippen molar-refractivity contribution in [3.8, 4) is 0 Å². The van der Waals surface area contributed by atoms with Crippen LogP contribution in [-0.2, 0) is 11.0 Å². The largest absolute Gasteiger partial charge is 0.419 e. The lowest BCUT2D eigenvalue weighted by Gasteiger charge is -2.10. The van der Waals surface area contributed by atoms with Crippen LogP contribution in [0.2, 0.25) is 0 Å². The third-order valence-corrected chi connectivity index (χ3v) is 2.89. The molecular weight excluding hydrogens is 292 g/mol. The molecule has 1 fully saturated rings. The molecular formula is C13H12F4N2O2. The zero-order valence-electron chi connectivity index (χ0n) is 10.8. The van der Waals surface area contributed by atoms with E-state index in [4.69, 9.17) is 0 Å². The van der Waals surface area contributed by atoms with Crippen molar-refractivity contribution in [3.63, 3.8) is 0 Å². The van der Waals surface area contributed by atoms with Gasteiger partial charge in [-0.3, -0.25) is 9.59 Å². The third kappa shape index (κ3) is 4.17. The average Bonchev–Trinajstić information content (AvgIpc) is 3.19. The molecule has 1 aliphatic rings. The molecule has 2 amide bonds. The minimum Gasteiger partial charge on any atom is -0.352 e. The van der Waals surface area contributed by atoms with E-state index in [2.05, 4.69) is 10.6 Å². The van der Waals surface area contributed by atoms with Crippen LogP contribution in [-0.4, -0.2) is 24.4 Å². The number of nitrogens with one attached hydrogen (secondary N) is 2. The Labute approximate surface area is 117 Å². The molecule has 0 spiro atoms. The van der Waals surface area contributed by atoms with E-state index in [0.717, 1.165) is 18.9 Å². The quantitative estimate of drug-likeness (QED) is 0.834. The van der Waals surface area contributed by atoms with E-state index in [1.807, 2.05) is 0 Å². The first-order valence-electron chi connectivity index (χ1n) is 6.21. The summed E-state index contributed by atoms with van der Waals surface area (Å²) >= 11 is 0. The SMILES string of the molecule is O=C(CNC(=O)c1ccc(F)c(C(F)(F)F)c1)NC1CC1. The van der Waals surface area contributed by atoms with E-state index >= 15 is 0 Å². The van der Waals surface area contributed by atoms with Crippen molar-refractivity contribution < 1.29 is 27.2 Å². The Morgan fingerprint density at radius 1 is 1.24 bits per heavy atom. The van der Waals surface area contributed by atoms with Crippen molar-refractivity contribution in [1.82, 2.24) is 10.6 Å². The third-order valence-electron chi connectivity index (χ3n) is 2.89. The molecule has 114 valence electrons. The van der Waals surface area contributed by atoms with Gasteiger partial charge in [0.25, 0.3) is 5.91 Å². The molecule has 0 unspecified atom stereocenters. The smallest absolute Gasteiger partial charge is 0.352 e. The summed E-state index contributed by atoms with van der Waals surface area (Å²) in [6, 6.07) is 2.04. The minimum atomic E-state index is -4.89. The van der Waals surface area contributed by atoms with Crippen molar-refractivity contribution in [3.05, 3.63) is 35.1 Å². The summed E-state index contributed by atoms with van der Waals surface area (Å²) < 4.78 is 50.6. The van der Waals surface area contributed by atoms with E-state index in [0.29, 0.717) is 12.1 Å². The van der Waals surface area contributed by atoms with Gasteiger partial charge in [0.15, 0.2) is 0 Å². The van der Waals surface area contributed by atoms with Crippen molar-refractivity contribution in [2.45, 2.75) is 25.1 Å². The lowest BCUT2D eigenvalue weighted by Crippen LogP contribution is -2.37. The molecule has 21 heavy (non-hydrogen) atoms. The standard InChI is InChI=1S/C13H12F4N2O2/c14-10-4-1-7(5-9(10)13(15,16)17)12(21)18-6-11(20)19-8-2-3-8/h1,4-5,8H,2-3,6H2,(H,18,21)(H,19,20). The fraction of sp³-hybridized carbons (Fsp3) is 0.385. The van der Waals surface area contributed by atoms with Crippen LogP contribution in [0.4, 0.5) is 17.6 Å². The number of carbonyl (C=O) groups is 2. The molecule has 1 saturated carbocycles. The zero-order chi connectivity index (χ0) is 15.6. The van der Waals surface area contributed by atoms with Gasteiger partial charge in [-0.1, -0.05) is 0 Å². The maximum Gasteiger partial charge on any atom is 0.419 e. The Hall–Kier alpha value is -2.12. The molecule has 1 aliphatic carbocycles. The second-order valence-electron chi connectivity index (χ2n) is 4.72. The van der Waals surface area contributed by atoms with Gasteiger partial charge in [0, 0.05) is 11.6 Å². The predicted molar refractivity (Wildman–Crippen MR) is 64.9 cm³/mol. The molecule has 0 aliphatic heterocycles. The first-order valence-corrected chi connectivity index (χ1v) is 6.21. The van der Waals surface area contributed by atoms with Gasteiger partial charge >= 0.3 is 6.18 Å². The molecule has 0 saturated heterocycles. The molecule has 0 heterocycles. The van der Waals surface area contributed by atoms with E-state index in [-0.39, 0.29) is 18.2 Å². The van der Waals surface area contributed by atoms with Crippen LogP contribution in [0, 0.1) is 5.82 Å². The summed E-state index contributed by atoms with van der Waals surface area (Å²) in [5.41, 5.74) is -1.87. The second kappa shape index (κ2) is 5.71. The minimum absolute atomic E-state index is 0.122. The second-order valence-corrected chi connectivity index (χ2v) is 4.72. The maximum absolute atomic E-state index is 13.1. The highest BCUT2D eigenvalue weighted by molar-refractivity contribution is 5.96. The highest BCUT2D eigenvalue weighted by atomic mass is 19.4. The number of carbonyl (C=O) groups excluding carboxylic acids is 2. The van der Waals surface area contributed by atoms with Crippen LogP contribution in [0.5, 0.6) is 0 Å². The number of hydrogen-bond donors (Lipinski definition) is 2. The lowest BCUT2D eigenvalue weighted by molar-refractivity contribution is -0.140. The van der Waals surface area contributed by atoms with E-state index < -0.39 is 29.4 Å². The molecule has 4 nitrogen and oxygen atoms in total. The van der Waals surface area contributed by atoms with E-state index in [1.165, 1.54) is 0 Å². The van der Waals surface area contributed by atoms with Crippen molar-refractivity contribution in [2.75, 3.05) is 6.54 Å². The van der Waals surface area contributed by atoms with Crippen molar-refractivity contribution >= 4 is 11.8 Å². The fourth-order valence-electron chi connectivity index (χ4n) is 1.65. The Balaban J connectivity index is 2.00. The normalized spacial score (nSPS) is 14.7. The van der Waals surface area contributed by atoms with Gasteiger partial charge < -0.3 is 10.6 Å². The number of alkyl halides is 3. The van der Waals surface area contributed by atoms with Crippen molar-refractivity contribution in [2.24, 2.45) is 0 Å². The fourth-order valence-corrected chi connectivity index (χ4v) is 1.65. The van der Waals surface area contributed by atoms with Gasteiger partial charge in [0.05, 0.1) is 12.1 Å². The van der Waals surface area contributed by atoms with Crippen molar-refractivity contribution in [1.29, 1.82) is 0 Å². The van der Waals surface area contributed by atoms with E-state index in [9.17, 15) is 27.2 Å². The van der Waals surface area contributed by atoms with Crippen LogP contribution >= 0.6 is 0 Å². The Bertz CT molecular complexity index is 568. The topological polar surface area (TPSA) is 58.2 Å². The molecule has 0 radical (unpaired) electrons. The molecule has 0 bridgehead atoms. The highest BCUT2D eigenvalue weighted by Gasteiger charge is 2.34. The molecule has 1 aromatic rings. The van der Waals surface area contributed by atoms with Crippen LogP contribution in [0.3, 0.4) is 0 Å². The Morgan fingerprint density at radius 3 is 2.48 bits per heavy atom. The number of halogens is 4. The Kier molecular flexibility index (Phi) is 4.15. The number of rotatable bonds is 4. The monoisotopic (exact) mass is 304 g/mol. The number of benzene rings is 1. The zero-order valence-corrected chi connectivity index (χ0v) is 10.8. The highest BCUT2D eigenvalue weighted by Crippen LogP contribution is 2.31. The Morgan fingerprint density at radius 2 is 1.90 bits per heavy atom. The molecule has 0 atom stereocenters. The van der Waals surface area contributed by atoms with Gasteiger partial charge in [0.1, 0.15) is 5.82 Å². The molecule has 8 heteroatoms. The number of amides is 2. The van der Waals surface area contributed by atoms with Gasteiger partial charge in [0.2, 0.25) is 5.91 Å². The summed E-state index contributed by atoms with van der Waals surface area (Å²) in [6.07, 6.45) is -3.12. The van der Waals surface area contributed by atoms with Gasteiger partial charge in [-0.15, -0.1) is 0 Å². The summed E-state index contributed by atoms with van der Waals surface area (Å²) in [5, 5.41) is 4.80. The summed E-state index contributed by atoms with van der Waals surface area (Å²) in [4.78, 5) is 23.0. The summed E-state index contributed by atoms with van der Waals surface area (Å²) in [5.74, 6) is -2.74. The van der Waals surface area contributed by atoms with Gasteiger partial charge in [-0.25, -0.2) is 4.39 Å². The van der Waals surface area contributed by atoms with Gasteiger partial charge in [-0.2, -0.15) is 13.2 Å². The number of hydrogen-bond acceptors (Lipinski definition) is 2. The van der Waals surface area contributed by atoms with E-state index in [1.54, 1.807) is 0 Å². The summed E-state index contributed by atoms with van der Waals surface area (Å²) in [7, 11) is 0. The first kappa shape index (κ1) is 15.3. The van der Waals surface area contributed by atoms with Crippen LogP contribution in [0.1, 0.15) is 28.8 Å². The first-order chi connectivity index (χ1) is 9.77. The summed E-state index contributed by atoms with van der Waals surface area (Å²) in [6.45, 7) is -0.339. The molecule has 0 aromatic heterocycles. The molecule has 2 rings (SSSR count). The maximum atomic E-state index is 13.1. The predicted octanol–water partition coefficient (Wildman–Crippen LogP) is 1.85. The molecule has 1 aromatic carbocycles. The average molecular weight is 304 g/mol.